The van der Waals surface area contributed by atoms with Gasteiger partial charge in [-0.15, -0.1) is 0 Å². The summed E-state index contributed by atoms with van der Waals surface area (Å²) in [5.74, 6) is -0.353. The second-order valence-electron chi connectivity index (χ2n) is 11.7. The molecule has 0 aliphatic rings. The van der Waals surface area contributed by atoms with Crippen LogP contribution in [0.5, 0.6) is 0 Å². The van der Waals surface area contributed by atoms with E-state index in [0.717, 1.165) is 89.9 Å². The SMILES string of the molecule is CC/C=C\C/C=C\C/C=C\C/C=C\CCCCCCCOCC(COP(=O)(O)OCCN)OC(=O)CCCCCCC/C=C\CCC. The second kappa shape index (κ2) is 35.5. The number of phosphoric acid groups is 1. The molecule has 0 bridgehead atoms. The van der Waals surface area contributed by atoms with Crippen LogP contribution in [0.2, 0.25) is 0 Å². The maximum Gasteiger partial charge on any atom is 0.472 e. The topological polar surface area (TPSA) is 117 Å². The number of allylic oxidation sites excluding steroid dienone is 10. The zero-order valence-electron chi connectivity index (χ0n) is 29.7. The molecule has 8 nitrogen and oxygen atoms in total. The van der Waals surface area contributed by atoms with E-state index in [1.165, 1.54) is 25.7 Å². The molecule has 0 spiro atoms. The van der Waals surface area contributed by atoms with E-state index in [-0.39, 0.29) is 32.3 Å². The van der Waals surface area contributed by atoms with Gasteiger partial charge in [0.25, 0.3) is 0 Å². The second-order valence-corrected chi connectivity index (χ2v) is 13.2. The molecule has 0 saturated carbocycles. The highest BCUT2D eigenvalue weighted by atomic mass is 31.2. The number of carbonyl (C=O) groups excluding carboxylic acids is 1. The fourth-order valence-electron chi connectivity index (χ4n) is 4.52. The smallest absolute Gasteiger partial charge is 0.457 e. The van der Waals surface area contributed by atoms with Gasteiger partial charge < -0.3 is 20.1 Å². The van der Waals surface area contributed by atoms with E-state index < -0.39 is 13.9 Å². The molecule has 0 fully saturated rings. The Morgan fingerprint density at radius 3 is 1.81 bits per heavy atom. The molecule has 272 valence electrons. The number of esters is 1. The standard InChI is InChI=1S/C38H68NO7P/c1-3-5-7-9-11-13-15-16-17-18-19-20-21-22-24-26-28-30-33-43-35-37(36-45-47(41,42)44-34-32-39)46-38(40)31-29-27-25-23-14-12-10-8-6-4-2/h5,7-8,10-11,13,16-17,19-20,37H,3-4,6,9,12,14-15,18,21-36,39H2,1-2H3,(H,41,42)/b7-5-,10-8-,13-11-,17-16-,20-19-. The number of phosphoric ester groups is 1. The summed E-state index contributed by atoms with van der Waals surface area (Å²) >= 11 is 0. The van der Waals surface area contributed by atoms with Crippen LogP contribution in [0, 0.1) is 0 Å². The van der Waals surface area contributed by atoms with Crippen molar-refractivity contribution < 1.29 is 32.8 Å². The third kappa shape index (κ3) is 35.3. The molecular weight excluding hydrogens is 613 g/mol. The first-order chi connectivity index (χ1) is 22.9. The molecule has 0 radical (unpaired) electrons. The minimum atomic E-state index is -4.28. The summed E-state index contributed by atoms with van der Waals surface area (Å²) < 4.78 is 33.2. The monoisotopic (exact) mass is 681 g/mol. The normalized spacial score (nSPS) is 14.4. The maximum absolute atomic E-state index is 12.5. The molecule has 0 rings (SSSR count). The van der Waals surface area contributed by atoms with Crippen molar-refractivity contribution in [2.75, 3.05) is 33.0 Å². The van der Waals surface area contributed by atoms with Gasteiger partial charge in [0.15, 0.2) is 0 Å². The summed E-state index contributed by atoms with van der Waals surface area (Å²) in [4.78, 5) is 22.3. The summed E-state index contributed by atoms with van der Waals surface area (Å²) in [6.45, 7) is 4.66. The lowest BCUT2D eigenvalue weighted by Crippen LogP contribution is -2.28. The largest absolute Gasteiger partial charge is 0.472 e. The molecule has 0 aromatic heterocycles. The molecule has 0 aliphatic heterocycles. The van der Waals surface area contributed by atoms with Crippen molar-refractivity contribution in [1.29, 1.82) is 0 Å². The molecule has 0 aliphatic carbocycles. The Bertz CT molecular complexity index is 900. The van der Waals surface area contributed by atoms with E-state index in [0.29, 0.717) is 13.0 Å². The van der Waals surface area contributed by atoms with Crippen LogP contribution < -0.4 is 5.73 Å². The van der Waals surface area contributed by atoms with E-state index in [9.17, 15) is 14.3 Å². The molecule has 2 unspecified atom stereocenters. The summed E-state index contributed by atoms with van der Waals surface area (Å²) in [6.07, 6.45) is 41.0. The molecule has 0 heterocycles. The lowest BCUT2D eigenvalue weighted by Gasteiger charge is -2.20. The molecule has 0 amide bonds. The van der Waals surface area contributed by atoms with Gasteiger partial charge in [0.05, 0.1) is 19.8 Å². The Kier molecular flexibility index (Phi) is 34.1. The van der Waals surface area contributed by atoms with Crippen molar-refractivity contribution in [2.45, 2.75) is 142 Å². The maximum atomic E-state index is 12.5. The molecule has 2 atom stereocenters. The number of rotatable bonds is 34. The van der Waals surface area contributed by atoms with E-state index in [1.807, 2.05) is 0 Å². The van der Waals surface area contributed by atoms with E-state index in [4.69, 9.17) is 24.3 Å². The summed E-state index contributed by atoms with van der Waals surface area (Å²) in [5.41, 5.74) is 5.34. The zero-order chi connectivity index (χ0) is 34.5. The fourth-order valence-corrected chi connectivity index (χ4v) is 5.28. The molecule has 0 saturated heterocycles. The van der Waals surface area contributed by atoms with Gasteiger partial charge in [-0.25, -0.2) is 4.57 Å². The van der Waals surface area contributed by atoms with Crippen molar-refractivity contribution in [3.8, 4) is 0 Å². The molecule has 47 heavy (non-hydrogen) atoms. The van der Waals surface area contributed by atoms with Crippen LogP contribution in [-0.4, -0.2) is 49.9 Å². The minimum absolute atomic E-state index is 0.0927. The Morgan fingerprint density at radius 2 is 1.19 bits per heavy atom. The molecular formula is C38H68NO7P. The van der Waals surface area contributed by atoms with Gasteiger partial charge in [-0.3, -0.25) is 13.8 Å². The van der Waals surface area contributed by atoms with Crippen molar-refractivity contribution in [2.24, 2.45) is 5.73 Å². The summed E-state index contributed by atoms with van der Waals surface area (Å²) in [5, 5.41) is 0. The van der Waals surface area contributed by atoms with Crippen LogP contribution in [0.3, 0.4) is 0 Å². The van der Waals surface area contributed by atoms with Crippen molar-refractivity contribution in [3.05, 3.63) is 60.8 Å². The average molecular weight is 682 g/mol. The number of hydrogen-bond acceptors (Lipinski definition) is 7. The molecule has 9 heteroatoms. The highest BCUT2D eigenvalue weighted by Crippen LogP contribution is 2.43. The van der Waals surface area contributed by atoms with Gasteiger partial charge in [-0.2, -0.15) is 0 Å². The first-order valence-corrected chi connectivity index (χ1v) is 19.8. The van der Waals surface area contributed by atoms with E-state index in [1.54, 1.807) is 0 Å². The van der Waals surface area contributed by atoms with Gasteiger partial charge in [-0.05, 0) is 70.6 Å². The number of ether oxygens (including phenoxy) is 2. The van der Waals surface area contributed by atoms with E-state index >= 15 is 0 Å². The summed E-state index contributed by atoms with van der Waals surface area (Å²) in [6, 6.07) is 0. The predicted octanol–water partition coefficient (Wildman–Crippen LogP) is 10.2. The van der Waals surface area contributed by atoms with Gasteiger partial charge in [0.1, 0.15) is 6.10 Å². The Labute approximate surface area is 287 Å². The predicted molar refractivity (Wildman–Crippen MR) is 196 cm³/mol. The third-order valence-corrected chi connectivity index (χ3v) is 8.13. The highest BCUT2D eigenvalue weighted by molar-refractivity contribution is 7.47. The molecule has 0 aromatic rings. The van der Waals surface area contributed by atoms with Crippen molar-refractivity contribution in [3.63, 3.8) is 0 Å². The lowest BCUT2D eigenvalue weighted by molar-refractivity contribution is -0.154. The average Bonchev–Trinajstić information content (AvgIpc) is 3.06. The van der Waals surface area contributed by atoms with Crippen molar-refractivity contribution in [1.82, 2.24) is 0 Å². The number of nitrogens with two attached hydrogens (primary N) is 1. The van der Waals surface area contributed by atoms with Crippen LogP contribution in [0.15, 0.2) is 60.8 Å². The quantitative estimate of drug-likeness (QED) is 0.0298. The number of carbonyl (C=O) groups is 1. The van der Waals surface area contributed by atoms with Crippen LogP contribution in [0.25, 0.3) is 0 Å². The Balaban J connectivity index is 4.13. The van der Waals surface area contributed by atoms with Crippen LogP contribution >= 0.6 is 7.82 Å². The van der Waals surface area contributed by atoms with Gasteiger partial charge >= 0.3 is 13.8 Å². The Hall–Kier alpha value is -1.80. The van der Waals surface area contributed by atoms with Crippen LogP contribution in [-0.2, 0) is 27.9 Å². The fraction of sp³-hybridized carbons (Fsp3) is 0.711. The number of unbranched alkanes of at least 4 members (excludes halogenated alkanes) is 11. The Morgan fingerprint density at radius 1 is 0.660 bits per heavy atom. The van der Waals surface area contributed by atoms with Gasteiger partial charge in [-0.1, -0.05) is 120 Å². The lowest BCUT2D eigenvalue weighted by atomic mass is 10.1. The first-order valence-electron chi connectivity index (χ1n) is 18.3. The summed E-state index contributed by atoms with van der Waals surface area (Å²) in [7, 11) is -4.28. The molecule has 0 aromatic carbocycles. The third-order valence-electron chi connectivity index (χ3n) is 7.15. The molecule has 3 N–H and O–H groups in total. The van der Waals surface area contributed by atoms with Gasteiger partial charge in [0.2, 0.25) is 0 Å². The zero-order valence-corrected chi connectivity index (χ0v) is 30.6. The van der Waals surface area contributed by atoms with Crippen LogP contribution in [0.1, 0.15) is 136 Å². The highest BCUT2D eigenvalue weighted by Gasteiger charge is 2.25. The number of hydrogen-bond donors (Lipinski definition) is 2. The van der Waals surface area contributed by atoms with Gasteiger partial charge in [0, 0.05) is 19.6 Å². The van der Waals surface area contributed by atoms with Crippen LogP contribution in [0.4, 0.5) is 0 Å². The van der Waals surface area contributed by atoms with E-state index in [2.05, 4.69) is 74.6 Å². The van der Waals surface area contributed by atoms with Crippen molar-refractivity contribution >= 4 is 13.8 Å². The minimum Gasteiger partial charge on any atom is -0.457 e. The first kappa shape index (κ1) is 45.2.